The maximum atomic E-state index is 12.1. The lowest BCUT2D eigenvalue weighted by molar-refractivity contribution is -0.140. The van der Waals surface area contributed by atoms with E-state index in [0.717, 1.165) is 11.3 Å². The number of carboxylic acids is 1. The highest BCUT2D eigenvalue weighted by atomic mass is 32.1. The Labute approximate surface area is 116 Å². The number of nitrogens with one attached hydrogen (secondary N) is 1. The molecule has 1 saturated carbocycles. The summed E-state index contributed by atoms with van der Waals surface area (Å²) >= 11 is 1.62. The zero-order valence-corrected chi connectivity index (χ0v) is 12.2. The van der Waals surface area contributed by atoms with Crippen LogP contribution >= 0.6 is 11.3 Å². The van der Waals surface area contributed by atoms with Gasteiger partial charge in [-0.3, -0.25) is 9.59 Å². The first-order valence-electron chi connectivity index (χ1n) is 6.45. The van der Waals surface area contributed by atoms with Crippen LogP contribution in [0.15, 0.2) is 11.4 Å². The molecular formula is C14H19NO3S. The quantitative estimate of drug-likeness (QED) is 0.870. The van der Waals surface area contributed by atoms with E-state index in [1.807, 2.05) is 19.2 Å². The van der Waals surface area contributed by atoms with Gasteiger partial charge in [-0.15, -0.1) is 11.3 Å². The lowest BCUT2D eigenvalue weighted by atomic mass is 10.1. The summed E-state index contributed by atoms with van der Waals surface area (Å²) < 4.78 is 0. The van der Waals surface area contributed by atoms with Crippen LogP contribution in [-0.4, -0.2) is 17.0 Å². The van der Waals surface area contributed by atoms with E-state index in [0.29, 0.717) is 6.54 Å². The number of hydrogen-bond acceptors (Lipinski definition) is 3. The van der Waals surface area contributed by atoms with Crippen LogP contribution < -0.4 is 5.32 Å². The highest BCUT2D eigenvalue weighted by Crippen LogP contribution is 2.58. The third kappa shape index (κ3) is 2.52. The van der Waals surface area contributed by atoms with Crippen LogP contribution in [0.2, 0.25) is 0 Å². The van der Waals surface area contributed by atoms with E-state index < -0.39 is 23.2 Å². The standard InChI is InChI=1S/C14H19NO3S/c1-4-8-5-6-19-9(8)7-15-12(16)10-11(13(17)18)14(10,2)3/h5-6,10-11H,4,7H2,1-3H3,(H,15,16)(H,17,18)/t10-,11+/m1/s1. The number of carbonyl (C=O) groups excluding carboxylic acids is 1. The fourth-order valence-corrected chi connectivity index (χ4v) is 3.62. The summed E-state index contributed by atoms with van der Waals surface area (Å²) in [4.78, 5) is 24.3. The molecule has 1 aliphatic rings. The molecule has 1 fully saturated rings. The Hall–Kier alpha value is -1.36. The molecule has 104 valence electrons. The fourth-order valence-electron chi connectivity index (χ4n) is 2.70. The molecule has 2 rings (SSSR count). The van der Waals surface area contributed by atoms with Crippen molar-refractivity contribution in [3.8, 4) is 0 Å². The molecule has 1 heterocycles. The number of carboxylic acid groups (broad SMARTS) is 1. The summed E-state index contributed by atoms with van der Waals surface area (Å²) in [6.45, 7) is 6.24. The van der Waals surface area contributed by atoms with Crippen LogP contribution in [0.5, 0.6) is 0 Å². The molecule has 0 bridgehead atoms. The molecule has 4 nitrogen and oxygen atoms in total. The molecular weight excluding hydrogens is 262 g/mol. The second kappa shape index (κ2) is 4.96. The molecule has 0 aliphatic heterocycles. The van der Waals surface area contributed by atoms with E-state index in [9.17, 15) is 9.59 Å². The van der Waals surface area contributed by atoms with Gasteiger partial charge < -0.3 is 10.4 Å². The maximum absolute atomic E-state index is 12.1. The number of carbonyl (C=O) groups is 2. The van der Waals surface area contributed by atoms with Gasteiger partial charge in [0.15, 0.2) is 0 Å². The molecule has 19 heavy (non-hydrogen) atoms. The van der Waals surface area contributed by atoms with Gasteiger partial charge in [0.1, 0.15) is 0 Å². The van der Waals surface area contributed by atoms with Crippen LogP contribution in [-0.2, 0) is 22.6 Å². The Morgan fingerprint density at radius 1 is 1.42 bits per heavy atom. The van der Waals surface area contributed by atoms with Crippen molar-refractivity contribution in [2.24, 2.45) is 17.3 Å². The van der Waals surface area contributed by atoms with Crippen LogP contribution in [0.1, 0.15) is 31.2 Å². The maximum Gasteiger partial charge on any atom is 0.307 e. The van der Waals surface area contributed by atoms with E-state index in [1.165, 1.54) is 5.56 Å². The van der Waals surface area contributed by atoms with Gasteiger partial charge in [0.05, 0.1) is 18.4 Å². The minimum absolute atomic E-state index is 0.146. The number of thiophene rings is 1. The Morgan fingerprint density at radius 2 is 2.11 bits per heavy atom. The number of aryl methyl sites for hydroxylation is 1. The summed E-state index contributed by atoms with van der Waals surface area (Å²) in [6.07, 6.45) is 0.946. The zero-order valence-electron chi connectivity index (χ0n) is 11.4. The molecule has 0 aromatic carbocycles. The van der Waals surface area contributed by atoms with Crippen molar-refractivity contribution in [3.05, 3.63) is 21.9 Å². The fraction of sp³-hybridized carbons (Fsp3) is 0.571. The first kappa shape index (κ1) is 14.1. The molecule has 2 atom stereocenters. The molecule has 2 N–H and O–H groups in total. The van der Waals surface area contributed by atoms with Crippen LogP contribution in [0, 0.1) is 17.3 Å². The number of rotatable bonds is 5. The lowest BCUT2D eigenvalue weighted by Crippen LogP contribution is -2.26. The first-order valence-corrected chi connectivity index (χ1v) is 7.33. The van der Waals surface area contributed by atoms with Gasteiger partial charge in [-0.25, -0.2) is 0 Å². The molecule has 1 aromatic rings. The number of amides is 1. The van der Waals surface area contributed by atoms with Gasteiger partial charge in [-0.2, -0.15) is 0 Å². The van der Waals surface area contributed by atoms with Crippen molar-refractivity contribution in [2.45, 2.75) is 33.7 Å². The SMILES string of the molecule is CCc1ccsc1CNC(=O)[C@H]1[C@@H](C(=O)O)C1(C)C. The van der Waals surface area contributed by atoms with Crippen molar-refractivity contribution >= 4 is 23.2 Å². The van der Waals surface area contributed by atoms with E-state index in [-0.39, 0.29) is 5.91 Å². The largest absolute Gasteiger partial charge is 0.481 e. The number of hydrogen-bond donors (Lipinski definition) is 2. The predicted octanol–water partition coefficient (Wildman–Crippen LogP) is 2.28. The van der Waals surface area contributed by atoms with Gasteiger partial charge in [0.25, 0.3) is 0 Å². The summed E-state index contributed by atoms with van der Waals surface area (Å²) in [5.74, 6) is -1.99. The normalized spacial score (nSPS) is 23.9. The van der Waals surface area contributed by atoms with Crippen LogP contribution in [0.3, 0.4) is 0 Å². The molecule has 0 unspecified atom stereocenters. The van der Waals surface area contributed by atoms with E-state index in [2.05, 4.69) is 18.3 Å². The molecule has 1 aliphatic carbocycles. The molecule has 5 heteroatoms. The number of aliphatic carboxylic acids is 1. The highest BCUT2D eigenvalue weighted by Gasteiger charge is 2.65. The van der Waals surface area contributed by atoms with Gasteiger partial charge in [-0.1, -0.05) is 20.8 Å². The second-order valence-corrected chi connectivity index (χ2v) is 6.56. The van der Waals surface area contributed by atoms with Gasteiger partial charge in [0, 0.05) is 4.88 Å². The summed E-state index contributed by atoms with van der Waals surface area (Å²) in [7, 11) is 0. The minimum Gasteiger partial charge on any atom is -0.481 e. The highest BCUT2D eigenvalue weighted by molar-refractivity contribution is 7.10. The zero-order chi connectivity index (χ0) is 14.2. The van der Waals surface area contributed by atoms with E-state index in [4.69, 9.17) is 5.11 Å². The summed E-state index contributed by atoms with van der Waals surface area (Å²) in [6, 6.07) is 2.06. The van der Waals surface area contributed by atoms with Crippen molar-refractivity contribution in [1.82, 2.24) is 5.32 Å². The Kier molecular flexibility index (Phi) is 3.67. The third-order valence-electron chi connectivity index (χ3n) is 4.02. The van der Waals surface area contributed by atoms with Crippen LogP contribution in [0.4, 0.5) is 0 Å². The van der Waals surface area contributed by atoms with E-state index in [1.54, 1.807) is 11.3 Å². The van der Waals surface area contributed by atoms with Gasteiger partial charge in [-0.05, 0) is 28.8 Å². The summed E-state index contributed by atoms with van der Waals surface area (Å²) in [5, 5.41) is 14.0. The average Bonchev–Trinajstić information content (AvgIpc) is 2.72. The van der Waals surface area contributed by atoms with Crippen LogP contribution in [0.25, 0.3) is 0 Å². The monoisotopic (exact) mass is 281 g/mol. The predicted molar refractivity (Wildman–Crippen MR) is 73.9 cm³/mol. The molecule has 0 saturated heterocycles. The Bertz CT molecular complexity index is 507. The van der Waals surface area contributed by atoms with Crippen molar-refractivity contribution in [3.63, 3.8) is 0 Å². The minimum atomic E-state index is -0.879. The molecule has 1 aromatic heterocycles. The van der Waals surface area contributed by atoms with E-state index >= 15 is 0 Å². The molecule has 0 spiro atoms. The Balaban J connectivity index is 1.95. The van der Waals surface area contributed by atoms with Crippen molar-refractivity contribution in [2.75, 3.05) is 0 Å². The van der Waals surface area contributed by atoms with Crippen molar-refractivity contribution < 1.29 is 14.7 Å². The topological polar surface area (TPSA) is 66.4 Å². The first-order chi connectivity index (χ1) is 8.89. The lowest BCUT2D eigenvalue weighted by Gasteiger charge is -2.06. The third-order valence-corrected chi connectivity index (χ3v) is 4.98. The van der Waals surface area contributed by atoms with Gasteiger partial charge in [0.2, 0.25) is 5.91 Å². The average molecular weight is 281 g/mol. The summed E-state index contributed by atoms with van der Waals surface area (Å²) in [5.41, 5.74) is 0.814. The molecule has 1 amide bonds. The molecule has 0 radical (unpaired) electrons. The smallest absolute Gasteiger partial charge is 0.307 e. The second-order valence-electron chi connectivity index (χ2n) is 5.56. The Morgan fingerprint density at radius 3 is 2.63 bits per heavy atom. The van der Waals surface area contributed by atoms with Crippen molar-refractivity contribution in [1.29, 1.82) is 0 Å². The van der Waals surface area contributed by atoms with Gasteiger partial charge >= 0.3 is 5.97 Å².